The second-order valence-corrected chi connectivity index (χ2v) is 7.80. The van der Waals surface area contributed by atoms with Gasteiger partial charge in [-0.2, -0.15) is 18.3 Å². The quantitative estimate of drug-likeness (QED) is 0.574. The maximum atomic E-state index is 13.1. The lowest BCUT2D eigenvalue weighted by molar-refractivity contribution is -0.384. The minimum Gasteiger partial charge on any atom is -0.258 e. The summed E-state index contributed by atoms with van der Waals surface area (Å²) in [4.78, 5) is 21.5. The average Bonchev–Trinajstić information content (AvgIpc) is 3.17. The number of halogens is 3. The lowest BCUT2D eigenvalue weighted by Crippen LogP contribution is -2.41. The minimum absolute atomic E-state index is 0.181. The Hall–Kier alpha value is -3.48. The van der Waals surface area contributed by atoms with E-state index in [1.807, 2.05) is 0 Å². The normalized spacial score (nSPS) is 16.5. The van der Waals surface area contributed by atoms with Gasteiger partial charge in [0.2, 0.25) is 0 Å². The van der Waals surface area contributed by atoms with Crippen molar-refractivity contribution in [3.63, 3.8) is 0 Å². The Balaban J connectivity index is 1.84. The van der Waals surface area contributed by atoms with E-state index in [1.165, 1.54) is 30.5 Å². The number of alkyl halides is 3. The summed E-state index contributed by atoms with van der Waals surface area (Å²) in [6.07, 6.45) is -3.44. The number of rotatable bonds is 4. The average molecular weight is 442 g/mol. The molecule has 0 saturated heterocycles. The molecule has 1 aliphatic rings. The number of carbonyl (C=O) groups is 1. The van der Waals surface area contributed by atoms with Gasteiger partial charge in [0.25, 0.3) is 15.7 Å². The number of benzene rings is 2. The van der Waals surface area contributed by atoms with Crippen molar-refractivity contribution < 1.29 is 31.3 Å². The second kappa shape index (κ2) is 7.74. The Kier molecular flexibility index (Phi) is 5.48. The SMILES string of the molecule is O=C(NS(=O)(=O)c1ccccc1C(F)(F)F)N1N=CCC1c1ccc([N+](=O)[O-])cc1. The van der Waals surface area contributed by atoms with Gasteiger partial charge in [0.05, 0.1) is 21.4 Å². The van der Waals surface area contributed by atoms with Crippen LogP contribution in [0.1, 0.15) is 23.6 Å². The molecular weight excluding hydrogens is 429 g/mol. The third kappa shape index (κ3) is 4.25. The number of hydrazone groups is 1. The maximum Gasteiger partial charge on any atom is 0.417 e. The lowest BCUT2D eigenvalue weighted by atomic mass is 10.0. The molecule has 2 amide bonds. The van der Waals surface area contributed by atoms with Crippen molar-refractivity contribution >= 4 is 28.0 Å². The summed E-state index contributed by atoms with van der Waals surface area (Å²) in [6.45, 7) is 0. The summed E-state index contributed by atoms with van der Waals surface area (Å²) in [7, 11) is -4.86. The predicted octanol–water partition coefficient (Wildman–Crippen LogP) is 3.44. The number of non-ortho nitro benzene ring substituents is 1. The number of amides is 2. The van der Waals surface area contributed by atoms with Gasteiger partial charge in [0.15, 0.2) is 0 Å². The topological polar surface area (TPSA) is 122 Å². The summed E-state index contributed by atoms with van der Waals surface area (Å²) in [5.41, 5.74) is -1.16. The molecule has 9 nitrogen and oxygen atoms in total. The number of nitro benzene ring substituents is 1. The Bertz CT molecular complexity index is 1120. The number of nitrogens with zero attached hydrogens (tertiary/aromatic N) is 3. The van der Waals surface area contributed by atoms with Crippen molar-refractivity contribution in [3.8, 4) is 0 Å². The molecule has 158 valence electrons. The van der Waals surface area contributed by atoms with Gasteiger partial charge in [-0.25, -0.2) is 22.9 Å². The number of sulfonamides is 1. The van der Waals surface area contributed by atoms with E-state index in [0.717, 1.165) is 23.2 Å². The molecule has 3 rings (SSSR count). The third-order valence-corrected chi connectivity index (χ3v) is 5.61. The monoisotopic (exact) mass is 442 g/mol. The third-order valence-electron chi connectivity index (χ3n) is 4.23. The van der Waals surface area contributed by atoms with Crippen molar-refractivity contribution in [1.82, 2.24) is 9.73 Å². The van der Waals surface area contributed by atoms with E-state index >= 15 is 0 Å². The summed E-state index contributed by atoms with van der Waals surface area (Å²) in [5.74, 6) is 0. The summed E-state index contributed by atoms with van der Waals surface area (Å²) < 4.78 is 65.9. The van der Waals surface area contributed by atoms with Crippen LogP contribution in [0.25, 0.3) is 0 Å². The Morgan fingerprint density at radius 1 is 1.17 bits per heavy atom. The summed E-state index contributed by atoms with van der Waals surface area (Å²) in [6, 6.07) is 6.59. The molecule has 0 spiro atoms. The number of carbonyl (C=O) groups excluding carboxylic acids is 1. The van der Waals surface area contributed by atoms with Gasteiger partial charge in [-0.3, -0.25) is 10.1 Å². The molecule has 0 bridgehead atoms. The van der Waals surface area contributed by atoms with Crippen LogP contribution in [-0.4, -0.2) is 30.6 Å². The molecule has 1 N–H and O–H groups in total. The van der Waals surface area contributed by atoms with Gasteiger partial charge in [-0.1, -0.05) is 24.3 Å². The van der Waals surface area contributed by atoms with Crippen molar-refractivity contribution in [3.05, 3.63) is 69.8 Å². The van der Waals surface area contributed by atoms with Gasteiger partial charge in [-0.15, -0.1) is 0 Å². The first kappa shape index (κ1) is 21.2. The van der Waals surface area contributed by atoms with Gasteiger partial charge in [0.1, 0.15) is 0 Å². The van der Waals surface area contributed by atoms with Gasteiger partial charge in [0, 0.05) is 24.8 Å². The zero-order valence-electron chi connectivity index (χ0n) is 14.9. The smallest absolute Gasteiger partial charge is 0.258 e. The molecule has 1 aliphatic heterocycles. The van der Waals surface area contributed by atoms with Crippen molar-refractivity contribution in [2.75, 3.05) is 0 Å². The highest BCUT2D eigenvalue weighted by molar-refractivity contribution is 7.90. The Morgan fingerprint density at radius 2 is 1.80 bits per heavy atom. The van der Waals surface area contributed by atoms with Crippen LogP contribution in [0.3, 0.4) is 0 Å². The first-order valence-electron chi connectivity index (χ1n) is 8.30. The summed E-state index contributed by atoms with van der Waals surface area (Å²) in [5, 5.41) is 15.3. The fourth-order valence-electron chi connectivity index (χ4n) is 2.86. The van der Waals surface area contributed by atoms with E-state index in [0.29, 0.717) is 11.6 Å². The van der Waals surface area contributed by atoms with Crippen molar-refractivity contribution in [2.24, 2.45) is 5.10 Å². The molecule has 1 unspecified atom stereocenters. The highest BCUT2D eigenvalue weighted by Gasteiger charge is 2.38. The number of nitro groups is 1. The van der Waals surface area contributed by atoms with Crippen LogP contribution in [0.2, 0.25) is 0 Å². The van der Waals surface area contributed by atoms with Gasteiger partial charge < -0.3 is 0 Å². The fourth-order valence-corrected chi connectivity index (χ4v) is 4.02. The zero-order valence-corrected chi connectivity index (χ0v) is 15.7. The van der Waals surface area contributed by atoms with E-state index in [9.17, 15) is 36.5 Å². The van der Waals surface area contributed by atoms with Crippen LogP contribution in [-0.2, 0) is 16.2 Å². The zero-order chi connectivity index (χ0) is 22.1. The molecule has 1 atom stereocenters. The molecule has 0 aromatic heterocycles. The van der Waals surface area contributed by atoms with Crippen LogP contribution in [0.5, 0.6) is 0 Å². The molecule has 1 heterocycles. The molecule has 0 aliphatic carbocycles. The van der Waals surface area contributed by atoms with Crippen LogP contribution in [0.4, 0.5) is 23.7 Å². The number of hydrogen-bond donors (Lipinski definition) is 1. The van der Waals surface area contributed by atoms with Gasteiger partial charge in [-0.05, 0) is 17.7 Å². The number of nitrogens with one attached hydrogen (secondary N) is 1. The molecule has 0 saturated carbocycles. The molecule has 2 aromatic rings. The molecule has 0 radical (unpaired) electrons. The van der Waals surface area contributed by atoms with Crippen molar-refractivity contribution in [1.29, 1.82) is 0 Å². The highest BCUT2D eigenvalue weighted by atomic mass is 32.2. The first-order chi connectivity index (χ1) is 14.0. The number of hydrogen-bond acceptors (Lipinski definition) is 6. The number of urea groups is 1. The Morgan fingerprint density at radius 3 is 2.40 bits per heavy atom. The van der Waals surface area contributed by atoms with Crippen LogP contribution < -0.4 is 4.72 Å². The largest absolute Gasteiger partial charge is 0.417 e. The molecule has 30 heavy (non-hydrogen) atoms. The summed E-state index contributed by atoms with van der Waals surface area (Å²) >= 11 is 0. The fraction of sp³-hybridized carbons (Fsp3) is 0.176. The van der Waals surface area contributed by atoms with Crippen molar-refractivity contribution in [2.45, 2.75) is 23.5 Å². The van der Waals surface area contributed by atoms with E-state index in [4.69, 9.17) is 0 Å². The van der Waals surface area contributed by atoms with Crippen LogP contribution >= 0.6 is 0 Å². The molecule has 0 fully saturated rings. The molecular formula is C17H13F3N4O5S. The molecule has 2 aromatic carbocycles. The lowest BCUT2D eigenvalue weighted by Gasteiger charge is -2.22. The van der Waals surface area contributed by atoms with E-state index in [2.05, 4.69) is 5.10 Å². The van der Waals surface area contributed by atoms with Crippen LogP contribution in [0, 0.1) is 10.1 Å². The predicted molar refractivity (Wildman–Crippen MR) is 97.9 cm³/mol. The van der Waals surface area contributed by atoms with E-state index < -0.39 is 43.7 Å². The maximum absolute atomic E-state index is 13.1. The highest BCUT2D eigenvalue weighted by Crippen LogP contribution is 2.34. The first-order valence-corrected chi connectivity index (χ1v) is 9.78. The van der Waals surface area contributed by atoms with Crippen LogP contribution in [0.15, 0.2) is 58.5 Å². The standard InChI is InChI=1S/C17H13F3N4O5S/c18-17(19,20)13-3-1-2-4-15(13)30(28,29)22-16(25)23-14(9-10-21-23)11-5-7-12(8-6-11)24(26)27/h1-8,10,14H,9H2,(H,22,25). The second-order valence-electron chi connectivity index (χ2n) is 6.15. The minimum atomic E-state index is -4.94. The molecule has 13 heteroatoms. The van der Waals surface area contributed by atoms with E-state index in [1.54, 1.807) is 4.72 Å². The van der Waals surface area contributed by atoms with E-state index in [-0.39, 0.29) is 12.1 Å². The Labute approximate surface area is 168 Å². The van der Waals surface area contributed by atoms with Gasteiger partial charge >= 0.3 is 12.2 Å².